The molecule has 0 aliphatic carbocycles. The van der Waals surface area contributed by atoms with Crippen molar-refractivity contribution in [1.29, 1.82) is 0 Å². The van der Waals surface area contributed by atoms with Crippen LogP contribution in [0.1, 0.15) is 25.3 Å². The molecular formula is C20H28N2O4. The van der Waals surface area contributed by atoms with Crippen LogP contribution < -0.4 is 20.1 Å². The number of fused-ring (bicyclic) bond motifs is 1. The first-order chi connectivity index (χ1) is 12.7. The van der Waals surface area contributed by atoms with Gasteiger partial charge in [-0.3, -0.25) is 4.79 Å². The normalized spacial score (nSPS) is 18.3. The lowest BCUT2D eigenvalue weighted by Gasteiger charge is -2.37. The van der Waals surface area contributed by atoms with E-state index < -0.39 is 0 Å². The number of ether oxygens (including phenoxy) is 3. The van der Waals surface area contributed by atoms with Crippen molar-refractivity contribution in [2.24, 2.45) is 5.41 Å². The van der Waals surface area contributed by atoms with Gasteiger partial charge in [-0.1, -0.05) is 12.1 Å². The van der Waals surface area contributed by atoms with Crippen molar-refractivity contribution in [2.75, 3.05) is 46.6 Å². The van der Waals surface area contributed by atoms with Gasteiger partial charge in [-0.15, -0.1) is 0 Å². The highest BCUT2D eigenvalue weighted by molar-refractivity contribution is 5.99. The molecule has 0 saturated carbocycles. The molecule has 1 amide bonds. The SMILES string of the molecule is CCOc1cccc2c1OCC(C(=O)NCC1(COC)CCNCC1)=C2. The van der Waals surface area contributed by atoms with Crippen molar-refractivity contribution in [1.82, 2.24) is 10.6 Å². The van der Waals surface area contributed by atoms with Crippen LogP contribution >= 0.6 is 0 Å². The van der Waals surface area contributed by atoms with Crippen LogP contribution in [-0.2, 0) is 9.53 Å². The van der Waals surface area contributed by atoms with Crippen molar-refractivity contribution < 1.29 is 19.0 Å². The van der Waals surface area contributed by atoms with E-state index in [1.807, 2.05) is 31.2 Å². The highest BCUT2D eigenvalue weighted by Crippen LogP contribution is 2.36. The van der Waals surface area contributed by atoms with Crippen LogP contribution in [0, 0.1) is 5.41 Å². The number of para-hydroxylation sites is 1. The van der Waals surface area contributed by atoms with Gasteiger partial charge in [0.1, 0.15) is 6.61 Å². The topological polar surface area (TPSA) is 68.8 Å². The van der Waals surface area contributed by atoms with E-state index in [0.29, 0.717) is 31.1 Å². The number of amides is 1. The number of hydrogen-bond donors (Lipinski definition) is 2. The summed E-state index contributed by atoms with van der Waals surface area (Å²) in [4.78, 5) is 12.7. The van der Waals surface area contributed by atoms with E-state index in [0.717, 1.165) is 37.2 Å². The average molecular weight is 360 g/mol. The molecule has 26 heavy (non-hydrogen) atoms. The molecule has 6 nitrogen and oxygen atoms in total. The quantitative estimate of drug-likeness (QED) is 0.778. The third kappa shape index (κ3) is 4.19. The number of methoxy groups -OCH3 is 1. The van der Waals surface area contributed by atoms with E-state index in [-0.39, 0.29) is 17.9 Å². The lowest BCUT2D eigenvalue weighted by molar-refractivity contribution is -0.118. The molecule has 1 saturated heterocycles. The summed E-state index contributed by atoms with van der Waals surface area (Å²) in [6, 6.07) is 5.73. The predicted octanol–water partition coefficient (Wildman–Crippen LogP) is 1.99. The van der Waals surface area contributed by atoms with Gasteiger partial charge in [0.2, 0.25) is 0 Å². The lowest BCUT2D eigenvalue weighted by Crippen LogP contribution is -2.47. The second kappa shape index (κ2) is 8.56. The first kappa shape index (κ1) is 18.7. The fourth-order valence-corrected chi connectivity index (χ4v) is 3.60. The third-order valence-electron chi connectivity index (χ3n) is 5.04. The minimum atomic E-state index is -0.0773. The third-order valence-corrected chi connectivity index (χ3v) is 5.04. The van der Waals surface area contributed by atoms with Gasteiger partial charge in [0.05, 0.1) is 18.8 Å². The fourth-order valence-electron chi connectivity index (χ4n) is 3.60. The summed E-state index contributed by atoms with van der Waals surface area (Å²) < 4.78 is 16.8. The second-order valence-corrected chi connectivity index (χ2v) is 6.93. The minimum absolute atomic E-state index is 0.00574. The van der Waals surface area contributed by atoms with Crippen LogP contribution in [-0.4, -0.2) is 52.5 Å². The molecule has 3 rings (SSSR count). The van der Waals surface area contributed by atoms with Gasteiger partial charge in [-0.25, -0.2) is 0 Å². The molecule has 1 aromatic carbocycles. The average Bonchev–Trinajstić information content (AvgIpc) is 2.67. The maximum absolute atomic E-state index is 12.7. The van der Waals surface area contributed by atoms with Gasteiger partial charge in [-0.05, 0) is 45.0 Å². The van der Waals surface area contributed by atoms with Gasteiger partial charge >= 0.3 is 0 Å². The van der Waals surface area contributed by atoms with Crippen molar-refractivity contribution in [3.8, 4) is 11.5 Å². The number of rotatable bonds is 7. The summed E-state index contributed by atoms with van der Waals surface area (Å²) in [5, 5.41) is 6.46. The molecule has 0 bridgehead atoms. The highest BCUT2D eigenvalue weighted by atomic mass is 16.5. The highest BCUT2D eigenvalue weighted by Gasteiger charge is 2.33. The van der Waals surface area contributed by atoms with Crippen molar-refractivity contribution in [2.45, 2.75) is 19.8 Å². The Morgan fingerprint density at radius 3 is 2.88 bits per heavy atom. The summed E-state index contributed by atoms with van der Waals surface area (Å²) in [7, 11) is 1.72. The van der Waals surface area contributed by atoms with Crippen LogP contribution in [0.2, 0.25) is 0 Å². The molecule has 0 radical (unpaired) electrons. The second-order valence-electron chi connectivity index (χ2n) is 6.93. The Kier molecular flexibility index (Phi) is 6.16. The molecule has 2 aliphatic rings. The van der Waals surface area contributed by atoms with Crippen LogP contribution in [0.25, 0.3) is 6.08 Å². The largest absolute Gasteiger partial charge is 0.490 e. The Morgan fingerprint density at radius 2 is 2.15 bits per heavy atom. The summed E-state index contributed by atoms with van der Waals surface area (Å²) in [6.45, 7) is 5.95. The number of carbonyl (C=O) groups is 1. The van der Waals surface area contributed by atoms with Gasteiger partial charge in [-0.2, -0.15) is 0 Å². The Labute approximate surface area is 154 Å². The molecule has 2 aliphatic heterocycles. The summed E-state index contributed by atoms with van der Waals surface area (Å²) in [6.07, 6.45) is 3.89. The molecule has 6 heteroatoms. The minimum Gasteiger partial charge on any atom is -0.490 e. The van der Waals surface area contributed by atoms with E-state index in [9.17, 15) is 4.79 Å². The molecule has 0 atom stereocenters. The van der Waals surface area contributed by atoms with Gasteiger partial charge in [0.25, 0.3) is 5.91 Å². The predicted molar refractivity (Wildman–Crippen MR) is 101 cm³/mol. The van der Waals surface area contributed by atoms with Gasteiger partial charge in [0.15, 0.2) is 11.5 Å². The summed E-state index contributed by atoms with van der Waals surface area (Å²) in [5.41, 5.74) is 1.51. The molecule has 0 spiro atoms. The van der Waals surface area contributed by atoms with E-state index >= 15 is 0 Å². The number of carbonyl (C=O) groups excluding carboxylic acids is 1. The zero-order valence-electron chi connectivity index (χ0n) is 15.6. The maximum Gasteiger partial charge on any atom is 0.250 e. The van der Waals surface area contributed by atoms with Crippen LogP contribution in [0.15, 0.2) is 23.8 Å². The van der Waals surface area contributed by atoms with E-state index in [2.05, 4.69) is 10.6 Å². The van der Waals surface area contributed by atoms with Gasteiger partial charge in [0, 0.05) is 24.6 Å². The Morgan fingerprint density at radius 1 is 1.35 bits per heavy atom. The summed E-state index contributed by atoms with van der Waals surface area (Å²) >= 11 is 0. The smallest absolute Gasteiger partial charge is 0.250 e. The van der Waals surface area contributed by atoms with E-state index in [1.54, 1.807) is 7.11 Å². The number of benzene rings is 1. The monoisotopic (exact) mass is 360 g/mol. The van der Waals surface area contributed by atoms with E-state index in [1.165, 1.54) is 0 Å². The number of piperidine rings is 1. The molecule has 142 valence electrons. The molecule has 0 unspecified atom stereocenters. The number of hydrogen-bond acceptors (Lipinski definition) is 5. The Hall–Kier alpha value is -2.05. The Bertz CT molecular complexity index is 660. The molecule has 0 aromatic heterocycles. The lowest BCUT2D eigenvalue weighted by atomic mass is 9.79. The van der Waals surface area contributed by atoms with Crippen molar-refractivity contribution in [3.63, 3.8) is 0 Å². The van der Waals surface area contributed by atoms with Gasteiger partial charge < -0.3 is 24.8 Å². The molecule has 1 fully saturated rings. The summed E-state index contributed by atoms with van der Waals surface area (Å²) in [5.74, 6) is 1.35. The fraction of sp³-hybridized carbons (Fsp3) is 0.550. The molecule has 1 aromatic rings. The maximum atomic E-state index is 12.7. The zero-order valence-corrected chi connectivity index (χ0v) is 15.6. The first-order valence-corrected chi connectivity index (χ1v) is 9.24. The molecular weight excluding hydrogens is 332 g/mol. The van der Waals surface area contributed by atoms with Crippen molar-refractivity contribution in [3.05, 3.63) is 29.3 Å². The standard InChI is InChI=1S/C20H28N2O4/c1-3-25-17-6-4-5-15-11-16(12-26-18(15)17)19(23)22-13-20(14-24-2)7-9-21-10-8-20/h4-6,11,21H,3,7-10,12-14H2,1-2H3,(H,22,23). The zero-order chi connectivity index (χ0) is 18.4. The van der Waals surface area contributed by atoms with Crippen LogP contribution in [0.3, 0.4) is 0 Å². The Balaban J connectivity index is 1.67. The van der Waals surface area contributed by atoms with Crippen LogP contribution in [0.5, 0.6) is 11.5 Å². The number of nitrogens with one attached hydrogen (secondary N) is 2. The molecule has 2 N–H and O–H groups in total. The molecule has 2 heterocycles. The first-order valence-electron chi connectivity index (χ1n) is 9.24. The van der Waals surface area contributed by atoms with Crippen molar-refractivity contribution >= 4 is 12.0 Å². The van der Waals surface area contributed by atoms with Crippen LogP contribution in [0.4, 0.5) is 0 Å². The van der Waals surface area contributed by atoms with E-state index in [4.69, 9.17) is 14.2 Å².